The highest BCUT2D eigenvalue weighted by molar-refractivity contribution is 5.85. The van der Waals surface area contributed by atoms with Gasteiger partial charge in [-0.3, -0.25) is 4.79 Å². The fraction of sp³-hybridized carbons (Fsp3) is 0.625. The third kappa shape index (κ3) is 7.06. The van der Waals surface area contributed by atoms with Crippen LogP contribution in [0, 0.1) is 5.92 Å². The molecular weight excluding hydrogens is 142 g/mol. The average Bonchev–Trinajstić information content (AvgIpc) is 1.97. The minimum atomic E-state index is -0.409. The molecule has 0 aliphatic rings. The molecule has 11 heavy (non-hydrogen) atoms. The van der Waals surface area contributed by atoms with Crippen molar-refractivity contribution < 1.29 is 9.53 Å². The summed E-state index contributed by atoms with van der Waals surface area (Å²) < 4.78 is 5.12. The van der Waals surface area contributed by atoms with Crippen LogP contribution in [0.5, 0.6) is 0 Å². The molecule has 0 rings (SSSR count). The van der Waals surface area contributed by atoms with Crippen LogP contribution in [-0.4, -0.2) is 19.1 Å². The van der Waals surface area contributed by atoms with E-state index in [0.29, 0.717) is 13.2 Å². The fourth-order valence-corrected chi connectivity index (χ4v) is 0.618. The molecule has 2 N–H and O–H groups in total. The zero-order chi connectivity index (χ0) is 8.69. The van der Waals surface area contributed by atoms with Crippen LogP contribution in [-0.2, 0) is 9.53 Å². The molecular formula is C8H15NO2. The number of nitrogens with two attached hydrogens (primary N) is 1. The molecule has 1 amide bonds. The van der Waals surface area contributed by atoms with Gasteiger partial charge in [0, 0.05) is 6.61 Å². The van der Waals surface area contributed by atoms with Crippen LogP contribution in [0.15, 0.2) is 12.2 Å². The highest BCUT2D eigenvalue weighted by Crippen LogP contribution is 1.96. The van der Waals surface area contributed by atoms with Crippen molar-refractivity contribution in [1.29, 1.82) is 0 Å². The van der Waals surface area contributed by atoms with Crippen molar-refractivity contribution in [3.8, 4) is 0 Å². The first-order valence-corrected chi connectivity index (χ1v) is 3.72. The van der Waals surface area contributed by atoms with Gasteiger partial charge in [-0.15, -0.1) is 0 Å². The summed E-state index contributed by atoms with van der Waals surface area (Å²) >= 11 is 0. The first-order chi connectivity index (χ1) is 5.16. The van der Waals surface area contributed by atoms with Crippen LogP contribution in [0.4, 0.5) is 0 Å². The lowest BCUT2D eigenvalue weighted by molar-refractivity contribution is -0.113. The largest absolute Gasteiger partial charge is 0.381 e. The molecule has 1 unspecified atom stereocenters. The molecule has 0 bridgehead atoms. The van der Waals surface area contributed by atoms with E-state index in [1.165, 1.54) is 6.08 Å². The molecule has 0 aromatic carbocycles. The molecule has 0 spiro atoms. The van der Waals surface area contributed by atoms with E-state index in [4.69, 9.17) is 10.5 Å². The summed E-state index contributed by atoms with van der Waals surface area (Å²) in [4.78, 5) is 10.3. The predicted octanol–water partition coefficient (Wildman–Crippen LogP) is 0.701. The summed E-state index contributed by atoms with van der Waals surface area (Å²) in [5.41, 5.74) is 4.90. The highest BCUT2D eigenvalue weighted by Gasteiger charge is 1.95. The van der Waals surface area contributed by atoms with Crippen molar-refractivity contribution in [3.63, 3.8) is 0 Å². The second kappa shape index (κ2) is 5.92. The Kier molecular flexibility index (Phi) is 5.47. The number of rotatable bonds is 5. The minimum Gasteiger partial charge on any atom is -0.381 e. The maximum absolute atomic E-state index is 10.3. The van der Waals surface area contributed by atoms with Gasteiger partial charge in [-0.05, 0) is 18.9 Å². The summed E-state index contributed by atoms with van der Waals surface area (Å²) in [5, 5.41) is 0. The van der Waals surface area contributed by atoms with E-state index < -0.39 is 5.91 Å². The second-order valence-electron chi connectivity index (χ2n) is 2.40. The topological polar surface area (TPSA) is 52.3 Å². The van der Waals surface area contributed by atoms with Gasteiger partial charge < -0.3 is 10.5 Å². The minimum absolute atomic E-state index is 0.252. The summed E-state index contributed by atoms with van der Waals surface area (Å²) in [6.07, 6.45) is 3.11. The third-order valence-electron chi connectivity index (χ3n) is 1.17. The van der Waals surface area contributed by atoms with Gasteiger partial charge in [-0.1, -0.05) is 13.0 Å². The molecule has 0 fully saturated rings. The zero-order valence-corrected chi connectivity index (χ0v) is 7.04. The Labute approximate surface area is 67.2 Å². The lowest BCUT2D eigenvalue weighted by atomic mass is 10.2. The van der Waals surface area contributed by atoms with E-state index in [9.17, 15) is 4.79 Å². The van der Waals surface area contributed by atoms with Crippen molar-refractivity contribution in [3.05, 3.63) is 12.2 Å². The number of amides is 1. The number of ether oxygens (including phenoxy) is 1. The normalized spacial score (nSPS) is 13.6. The molecule has 0 saturated heterocycles. The van der Waals surface area contributed by atoms with Crippen molar-refractivity contribution >= 4 is 5.91 Å². The Morgan fingerprint density at radius 3 is 2.82 bits per heavy atom. The van der Waals surface area contributed by atoms with Crippen LogP contribution in [0.1, 0.15) is 13.8 Å². The van der Waals surface area contributed by atoms with E-state index in [-0.39, 0.29) is 5.92 Å². The van der Waals surface area contributed by atoms with E-state index in [0.717, 1.165) is 0 Å². The SMILES string of the molecule is CCOCC(C)C=CC(N)=O. The Hall–Kier alpha value is -0.830. The van der Waals surface area contributed by atoms with Gasteiger partial charge in [0.25, 0.3) is 0 Å². The lowest BCUT2D eigenvalue weighted by Gasteiger charge is -2.04. The molecule has 64 valence electrons. The first kappa shape index (κ1) is 10.2. The summed E-state index contributed by atoms with van der Waals surface area (Å²) in [5.74, 6) is -0.157. The number of primary amides is 1. The highest BCUT2D eigenvalue weighted by atomic mass is 16.5. The van der Waals surface area contributed by atoms with Gasteiger partial charge in [0.05, 0.1) is 6.61 Å². The number of carbonyl (C=O) groups excluding carboxylic acids is 1. The van der Waals surface area contributed by atoms with Gasteiger partial charge in [-0.25, -0.2) is 0 Å². The van der Waals surface area contributed by atoms with Crippen LogP contribution in [0.25, 0.3) is 0 Å². The van der Waals surface area contributed by atoms with Gasteiger partial charge >= 0.3 is 0 Å². The number of hydrogen-bond donors (Lipinski definition) is 1. The Morgan fingerprint density at radius 2 is 2.36 bits per heavy atom. The molecule has 1 atom stereocenters. The van der Waals surface area contributed by atoms with Crippen LogP contribution in [0.2, 0.25) is 0 Å². The number of carbonyl (C=O) groups is 1. The maximum Gasteiger partial charge on any atom is 0.241 e. The maximum atomic E-state index is 10.3. The Morgan fingerprint density at radius 1 is 1.73 bits per heavy atom. The van der Waals surface area contributed by atoms with Gasteiger partial charge in [-0.2, -0.15) is 0 Å². The predicted molar refractivity (Wildman–Crippen MR) is 44.0 cm³/mol. The molecule has 0 radical (unpaired) electrons. The molecule has 0 saturated carbocycles. The number of hydrogen-bond acceptors (Lipinski definition) is 2. The average molecular weight is 157 g/mol. The van der Waals surface area contributed by atoms with Crippen LogP contribution < -0.4 is 5.73 Å². The quantitative estimate of drug-likeness (QED) is 0.597. The van der Waals surface area contributed by atoms with Crippen molar-refractivity contribution in [1.82, 2.24) is 0 Å². The standard InChI is InChI=1S/C8H15NO2/c1-3-11-6-7(2)4-5-8(9)10/h4-5,7H,3,6H2,1-2H3,(H2,9,10). The van der Waals surface area contributed by atoms with E-state index >= 15 is 0 Å². The van der Waals surface area contributed by atoms with Crippen molar-refractivity contribution in [2.24, 2.45) is 11.7 Å². The van der Waals surface area contributed by atoms with Gasteiger partial charge in [0.1, 0.15) is 0 Å². The summed E-state index contributed by atoms with van der Waals surface area (Å²) in [7, 11) is 0. The zero-order valence-electron chi connectivity index (χ0n) is 7.04. The van der Waals surface area contributed by atoms with E-state index in [2.05, 4.69) is 0 Å². The van der Waals surface area contributed by atoms with E-state index in [1.807, 2.05) is 13.8 Å². The lowest BCUT2D eigenvalue weighted by Crippen LogP contribution is -2.08. The summed E-state index contributed by atoms with van der Waals surface area (Å²) in [6.45, 7) is 5.24. The molecule has 0 heterocycles. The molecule has 0 aliphatic heterocycles. The third-order valence-corrected chi connectivity index (χ3v) is 1.17. The monoisotopic (exact) mass is 157 g/mol. The molecule has 0 aromatic rings. The first-order valence-electron chi connectivity index (χ1n) is 3.72. The Bertz CT molecular complexity index is 143. The fourth-order valence-electron chi connectivity index (χ4n) is 0.618. The molecule has 0 aromatic heterocycles. The molecule has 0 aliphatic carbocycles. The van der Waals surface area contributed by atoms with Crippen LogP contribution in [0.3, 0.4) is 0 Å². The molecule has 3 heteroatoms. The van der Waals surface area contributed by atoms with Gasteiger partial charge in [0.2, 0.25) is 5.91 Å². The van der Waals surface area contributed by atoms with Gasteiger partial charge in [0.15, 0.2) is 0 Å². The Balaban J connectivity index is 3.50. The van der Waals surface area contributed by atoms with Crippen LogP contribution >= 0.6 is 0 Å². The second-order valence-corrected chi connectivity index (χ2v) is 2.40. The smallest absolute Gasteiger partial charge is 0.241 e. The molecule has 3 nitrogen and oxygen atoms in total. The summed E-state index contributed by atoms with van der Waals surface area (Å²) in [6, 6.07) is 0. The van der Waals surface area contributed by atoms with Crippen molar-refractivity contribution in [2.45, 2.75) is 13.8 Å². The van der Waals surface area contributed by atoms with Crippen molar-refractivity contribution in [2.75, 3.05) is 13.2 Å². The van der Waals surface area contributed by atoms with E-state index in [1.54, 1.807) is 6.08 Å².